The van der Waals surface area contributed by atoms with Gasteiger partial charge in [-0.15, -0.1) is 0 Å². The van der Waals surface area contributed by atoms with E-state index in [2.05, 4.69) is 9.97 Å². The van der Waals surface area contributed by atoms with Gasteiger partial charge in [0.15, 0.2) is 6.23 Å². The fourth-order valence-corrected chi connectivity index (χ4v) is 2.61. The molecule has 0 fully saturated rings. The topological polar surface area (TPSA) is 66.3 Å². The summed E-state index contributed by atoms with van der Waals surface area (Å²) < 4.78 is 0. The summed E-state index contributed by atoms with van der Waals surface area (Å²) in [7, 11) is 0. The zero-order chi connectivity index (χ0) is 14.4. The second-order valence-electron chi connectivity index (χ2n) is 4.87. The summed E-state index contributed by atoms with van der Waals surface area (Å²) in [5, 5.41) is 11.3. The van der Waals surface area contributed by atoms with Crippen LogP contribution >= 0.6 is 0 Å². The van der Waals surface area contributed by atoms with Gasteiger partial charge < -0.3 is 5.11 Å². The third-order valence-corrected chi connectivity index (χ3v) is 3.65. The molecular formula is C16H11N3O2. The quantitative estimate of drug-likeness (QED) is 0.741. The fraction of sp³-hybridized carbons (Fsp3) is 0.0625. The molecule has 102 valence electrons. The van der Waals surface area contributed by atoms with Crippen LogP contribution in [0, 0.1) is 0 Å². The molecule has 1 amide bonds. The number of hydrogen-bond acceptors (Lipinski definition) is 4. The number of nitrogens with zero attached hydrogens (tertiary/aromatic N) is 3. The predicted molar refractivity (Wildman–Crippen MR) is 77.7 cm³/mol. The molecule has 1 aromatic carbocycles. The average molecular weight is 277 g/mol. The van der Waals surface area contributed by atoms with Crippen LogP contribution in [0.15, 0.2) is 54.9 Å². The van der Waals surface area contributed by atoms with Crippen molar-refractivity contribution in [1.82, 2.24) is 9.97 Å². The van der Waals surface area contributed by atoms with Gasteiger partial charge in [-0.3, -0.25) is 14.7 Å². The van der Waals surface area contributed by atoms with Crippen LogP contribution in [-0.4, -0.2) is 21.0 Å². The van der Waals surface area contributed by atoms with Crippen molar-refractivity contribution in [2.75, 3.05) is 4.90 Å². The van der Waals surface area contributed by atoms with Crippen LogP contribution < -0.4 is 4.90 Å². The van der Waals surface area contributed by atoms with Crippen molar-refractivity contribution in [3.63, 3.8) is 0 Å². The van der Waals surface area contributed by atoms with Crippen LogP contribution in [0.3, 0.4) is 0 Å². The van der Waals surface area contributed by atoms with Gasteiger partial charge in [-0.2, -0.15) is 0 Å². The second kappa shape index (κ2) is 4.36. The maximum absolute atomic E-state index is 12.5. The van der Waals surface area contributed by atoms with Crippen molar-refractivity contribution in [2.24, 2.45) is 0 Å². The van der Waals surface area contributed by atoms with E-state index in [1.165, 1.54) is 4.90 Å². The minimum absolute atomic E-state index is 0.237. The third kappa shape index (κ3) is 1.71. The van der Waals surface area contributed by atoms with Crippen LogP contribution in [0.1, 0.15) is 22.1 Å². The molecule has 0 saturated heterocycles. The van der Waals surface area contributed by atoms with Crippen molar-refractivity contribution in [1.29, 1.82) is 0 Å². The number of aliphatic hydroxyl groups excluding tert-OH is 1. The van der Waals surface area contributed by atoms with Gasteiger partial charge in [0.05, 0.1) is 5.52 Å². The van der Waals surface area contributed by atoms with E-state index in [9.17, 15) is 9.90 Å². The van der Waals surface area contributed by atoms with Crippen LogP contribution in [-0.2, 0) is 0 Å². The highest BCUT2D eigenvalue weighted by Gasteiger charge is 2.36. The van der Waals surface area contributed by atoms with Crippen LogP contribution in [0.25, 0.3) is 10.9 Å². The molecule has 1 unspecified atom stereocenters. The highest BCUT2D eigenvalue weighted by molar-refractivity contribution is 6.10. The average Bonchev–Trinajstić information content (AvgIpc) is 2.79. The molecule has 1 atom stereocenters. The molecule has 0 radical (unpaired) electrons. The van der Waals surface area contributed by atoms with Gasteiger partial charge in [0.25, 0.3) is 5.91 Å². The largest absolute Gasteiger partial charge is 0.369 e. The molecule has 3 heterocycles. The first-order chi connectivity index (χ1) is 10.3. The van der Waals surface area contributed by atoms with E-state index >= 15 is 0 Å². The molecular weight excluding hydrogens is 266 g/mol. The van der Waals surface area contributed by atoms with Crippen molar-refractivity contribution in [2.45, 2.75) is 6.23 Å². The van der Waals surface area contributed by atoms with Gasteiger partial charge in [0.1, 0.15) is 5.82 Å². The Labute approximate surface area is 120 Å². The summed E-state index contributed by atoms with van der Waals surface area (Å²) in [6, 6.07) is 12.4. The number of amides is 1. The smallest absolute Gasteiger partial charge is 0.262 e. The van der Waals surface area contributed by atoms with Crippen LogP contribution in [0.2, 0.25) is 0 Å². The lowest BCUT2D eigenvalue weighted by Crippen LogP contribution is -2.28. The Hall–Kier alpha value is -2.79. The Bertz CT molecular complexity index is 863. The lowest BCUT2D eigenvalue weighted by Gasteiger charge is -2.20. The summed E-state index contributed by atoms with van der Waals surface area (Å²) in [5.74, 6) is 0.196. The minimum atomic E-state index is -1.000. The Kier molecular flexibility index (Phi) is 2.49. The number of benzene rings is 1. The molecule has 0 saturated carbocycles. The standard InChI is InChI=1S/C16H11N3O2/c20-15-11-3-1-2-4-12(11)16(21)19(15)14-6-5-10-9-17-8-7-13(10)18-14/h1-9,15,20H. The summed E-state index contributed by atoms with van der Waals surface area (Å²) in [6.07, 6.45) is 2.36. The first-order valence-corrected chi connectivity index (χ1v) is 6.57. The third-order valence-electron chi connectivity index (χ3n) is 3.65. The van der Waals surface area contributed by atoms with Crippen LogP contribution in [0.4, 0.5) is 5.82 Å². The lowest BCUT2D eigenvalue weighted by atomic mass is 10.1. The molecule has 1 aliphatic rings. The second-order valence-corrected chi connectivity index (χ2v) is 4.87. The molecule has 5 heteroatoms. The van der Waals surface area contributed by atoms with E-state index in [1.807, 2.05) is 6.07 Å². The van der Waals surface area contributed by atoms with Gasteiger partial charge >= 0.3 is 0 Å². The van der Waals surface area contributed by atoms with Crippen molar-refractivity contribution in [3.05, 3.63) is 66.0 Å². The fourth-order valence-electron chi connectivity index (χ4n) is 2.61. The van der Waals surface area contributed by atoms with Crippen LogP contribution in [0.5, 0.6) is 0 Å². The molecule has 0 spiro atoms. The highest BCUT2D eigenvalue weighted by atomic mass is 16.3. The summed E-state index contributed by atoms with van der Waals surface area (Å²) in [6.45, 7) is 0. The zero-order valence-corrected chi connectivity index (χ0v) is 11.0. The van der Waals surface area contributed by atoms with Crippen molar-refractivity contribution >= 4 is 22.6 Å². The normalized spacial score (nSPS) is 17.3. The number of rotatable bonds is 1. The van der Waals surface area contributed by atoms with E-state index < -0.39 is 6.23 Å². The lowest BCUT2D eigenvalue weighted by molar-refractivity contribution is 0.0933. The van der Waals surface area contributed by atoms with Gasteiger partial charge in [-0.1, -0.05) is 18.2 Å². The predicted octanol–water partition coefficient (Wildman–Crippen LogP) is 2.28. The SMILES string of the molecule is O=C1c2ccccc2C(O)N1c1ccc2cnccc2n1. The Morgan fingerprint density at radius 2 is 1.95 bits per heavy atom. The number of anilines is 1. The number of pyridine rings is 2. The van der Waals surface area contributed by atoms with E-state index in [0.29, 0.717) is 16.9 Å². The molecule has 2 aromatic heterocycles. The van der Waals surface area contributed by atoms with E-state index in [0.717, 1.165) is 10.9 Å². The summed E-state index contributed by atoms with van der Waals surface area (Å²) >= 11 is 0. The van der Waals surface area contributed by atoms with Crippen molar-refractivity contribution < 1.29 is 9.90 Å². The molecule has 1 N–H and O–H groups in total. The first-order valence-electron chi connectivity index (χ1n) is 6.57. The van der Waals surface area contributed by atoms with E-state index in [1.54, 1.807) is 48.8 Å². The number of carbonyl (C=O) groups excluding carboxylic acids is 1. The Balaban J connectivity index is 1.84. The number of aliphatic hydroxyl groups is 1. The Morgan fingerprint density at radius 3 is 2.81 bits per heavy atom. The maximum Gasteiger partial charge on any atom is 0.262 e. The molecule has 4 rings (SSSR count). The number of aromatic nitrogens is 2. The summed E-state index contributed by atoms with van der Waals surface area (Å²) in [5.41, 5.74) is 1.86. The zero-order valence-electron chi connectivity index (χ0n) is 11.0. The minimum Gasteiger partial charge on any atom is -0.369 e. The molecule has 1 aliphatic heterocycles. The van der Waals surface area contributed by atoms with Gasteiger partial charge in [-0.05, 0) is 24.3 Å². The number of fused-ring (bicyclic) bond motifs is 2. The van der Waals surface area contributed by atoms with E-state index in [4.69, 9.17) is 0 Å². The molecule has 5 nitrogen and oxygen atoms in total. The monoisotopic (exact) mass is 277 g/mol. The van der Waals surface area contributed by atoms with E-state index in [-0.39, 0.29) is 5.91 Å². The summed E-state index contributed by atoms with van der Waals surface area (Å²) in [4.78, 5) is 22.2. The maximum atomic E-state index is 12.5. The highest BCUT2D eigenvalue weighted by Crippen LogP contribution is 2.35. The Morgan fingerprint density at radius 1 is 1.10 bits per heavy atom. The van der Waals surface area contributed by atoms with Gasteiger partial charge in [0.2, 0.25) is 0 Å². The molecule has 21 heavy (non-hydrogen) atoms. The molecule has 0 aliphatic carbocycles. The van der Waals surface area contributed by atoms with Crippen molar-refractivity contribution in [3.8, 4) is 0 Å². The molecule has 0 bridgehead atoms. The number of hydrogen-bond donors (Lipinski definition) is 1. The first kappa shape index (κ1) is 12.0. The van der Waals surface area contributed by atoms with Gasteiger partial charge in [0, 0.05) is 28.9 Å². The molecule has 3 aromatic rings. The van der Waals surface area contributed by atoms with Gasteiger partial charge in [-0.25, -0.2) is 4.98 Å². The number of carbonyl (C=O) groups is 1.